The van der Waals surface area contributed by atoms with Crippen LogP contribution >= 0.6 is 0 Å². The first kappa shape index (κ1) is 20.4. The lowest BCUT2D eigenvalue weighted by Crippen LogP contribution is -2.47. The Morgan fingerprint density at radius 1 is 1.10 bits per heavy atom. The van der Waals surface area contributed by atoms with E-state index in [4.69, 9.17) is 4.74 Å². The summed E-state index contributed by atoms with van der Waals surface area (Å²) in [6, 6.07) is 17.9. The van der Waals surface area contributed by atoms with Gasteiger partial charge in [0.15, 0.2) is 0 Å². The van der Waals surface area contributed by atoms with E-state index in [1.165, 1.54) is 11.1 Å². The van der Waals surface area contributed by atoms with Gasteiger partial charge in [-0.1, -0.05) is 54.6 Å². The highest BCUT2D eigenvalue weighted by atomic mass is 16.5. The second-order valence-corrected chi connectivity index (χ2v) is 7.95. The maximum atomic E-state index is 13.2. The summed E-state index contributed by atoms with van der Waals surface area (Å²) in [6.45, 7) is 2.58. The molecule has 6 heteroatoms. The molecule has 1 fully saturated rings. The van der Waals surface area contributed by atoms with Gasteiger partial charge in [-0.15, -0.1) is 0 Å². The van der Waals surface area contributed by atoms with Crippen LogP contribution in [0.1, 0.15) is 35.1 Å². The van der Waals surface area contributed by atoms with Gasteiger partial charge in [0.25, 0.3) is 0 Å². The maximum absolute atomic E-state index is 13.2. The number of nitrogens with zero attached hydrogens (tertiary/aromatic N) is 2. The molecule has 2 unspecified atom stereocenters. The topological polar surface area (TPSA) is 61.9 Å². The van der Waals surface area contributed by atoms with E-state index in [1.807, 2.05) is 54.4 Å². The minimum Gasteiger partial charge on any atom is -0.378 e. The van der Waals surface area contributed by atoms with Gasteiger partial charge in [-0.25, -0.2) is 4.79 Å². The Morgan fingerprint density at radius 2 is 1.80 bits per heavy atom. The molecule has 30 heavy (non-hydrogen) atoms. The number of urea groups is 1. The fraction of sp³-hybridized carbons (Fsp3) is 0.417. The molecule has 158 valence electrons. The molecular formula is C24H29N3O3. The minimum absolute atomic E-state index is 0.0404. The molecule has 1 heterocycles. The van der Waals surface area contributed by atoms with Gasteiger partial charge in [-0.05, 0) is 29.5 Å². The standard InChI is InChI=1S/C24H29N3O3/c1-26(22-12-11-19-9-5-6-10-20(19)22)24(29)25-17-21(18-7-3-2-4-8-18)23(28)27-13-15-30-16-14-27/h2-10,21-22H,11-17H2,1H3,(H,25,29). The Kier molecular flexibility index (Phi) is 6.33. The zero-order chi connectivity index (χ0) is 20.9. The average molecular weight is 408 g/mol. The normalized spacial score (nSPS) is 19.1. The van der Waals surface area contributed by atoms with E-state index in [-0.39, 0.29) is 24.5 Å². The van der Waals surface area contributed by atoms with Gasteiger partial charge in [0.2, 0.25) is 5.91 Å². The summed E-state index contributed by atoms with van der Waals surface area (Å²) in [6.07, 6.45) is 1.92. The monoisotopic (exact) mass is 407 g/mol. The first-order chi connectivity index (χ1) is 14.6. The van der Waals surface area contributed by atoms with Gasteiger partial charge in [-0.3, -0.25) is 4.79 Å². The lowest BCUT2D eigenvalue weighted by molar-refractivity contribution is -0.136. The van der Waals surface area contributed by atoms with E-state index in [9.17, 15) is 9.59 Å². The summed E-state index contributed by atoms with van der Waals surface area (Å²) in [5, 5.41) is 3.02. The van der Waals surface area contributed by atoms with Crippen LogP contribution in [-0.4, -0.2) is 61.6 Å². The molecule has 0 saturated carbocycles. The van der Waals surface area contributed by atoms with E-state index < -0.39 is 5.92 Å². The SMILES string of the molecule is CN(C(=O)NCC(C(=O)N1CCOCC1)c1ccccc1)C1CCc2ccccc21. The molecule has 6 nitrogen and oxygen atoms in total. The fourth-order valence-corrected chi connectivity index (χ4v) is 4.43. The Morgan fingerprint density at radius 3 is 2.57 bits per heavy atom. The molecule has 1 N–H and O–H groups in total. The summed E-state index contributed by atoms with van der Waals surface area (Å²) in [5.74, 6) is -0.365. The number of carbonyl (C=O) groups is 2. The molecule has 2 atom stereocenters. The van der Waals surface area contributed by atoms with E-state index in [0.29, 0.717) is 26.3 Å². The van der Waals surface area contributed by atoms with Crippen LogP contribution in [0.3, 0.4) is 0 Å². The number of amides is 3. The molecule has 1 saturated heterocycles. The molecular weight excluding hydrogens is 378 g/mol. The minimum atomic E-state index is -0.405. The number of benzene rings is 2. The van der Waals surface area contributed by atoms with Gasteiger partial charge in [-0.2, -0.15) is 0 Å². The Hall–Kier alpha value is -2.86. The second-order valence-electron chi connectivity index (χ2n) is 7.95. The first-order valence-corrected chi connectivity index (χ1v) is 10.6. The number of hydrogen-bond acceptors (Lipinski definition) is 3. The van der Waals surface area contributed by atoms with Gasteiger partial charge < -0.3 is 19.9 Å². The summed E-state index contributed by atoms with van der Waals surface area (Å²) >= 11 is 0. The summed E-state index contributed by atoms with van der Waals surface area (Å²) in [4.78, 5) is 29.8. The van der Waals surface area contributed by atoms with Gasteiger partial charge >= 0.3 is 6.03 Å². The van der Waals surface area contributed by atoms with Gasteiger partial charge in [0, 0.05) is 26.7 Å². The van der Waals surface area contributed by atoms with Crippen molar-refractivity contribution >= 4 is 11.9 Å². The van der Waals surface area contributed by atoms with Crippen LogP contribution < -0.4 is 5.32 Å². The molecule has 2 aromatic rings. The lowest BCUT2D eigenvalue weighted by atomic mass is 9.97. The summed E-state index contributed by atoms with van der Waals surface area (Å²) < 4.78 is 5.38. The van der Waals surface area contributed by atoms with Crippen molar-refractivity contribution in [2.45, 2.75) is 24.8 Å². The van der Waals surface area contributed by atoms with E-state index >= 15 is 0 Å². The predicted octanol–water partition coefficient (Wildman–Crippen LogP) is 2.96. The van der Waals surface area contributed by atoms with Crippen LogP contribution in [0, 0.1) is 0 Å². The molecule has 0 bridgehead atoms. The molecule has 2 aliphatic rings. The lowest BCUT2D eigenvalue weighted by Gasteiger charge is -2.31. The number of rotatable bonds is 5. The number of nitrogens with one attached hydrogen (secondary N) is 1. The molecule has 2 aromatic carbocycles. The van der Waals surface area contributed by atoms with Crippen molar-refractivity contribution in [3.8, 4) is 0 Å². The van der Waals surface area contributed by atoms with E-state index in [0.717, 1.165) is 18.4 Å². The smallest absolute Gasteiger partial charge is 0.317 e. The van der Waals surface area contributed by atoms with E-state index in [2.05, 4.69) is 17.4 Å². The van der Waals surface area contributed by atoms with Crippen molar-refractivity contribution in [3.05, 3.63) is 71.3 Å². The van der Waals surface area contributed by atoms with Crippen molar-refractivity contribution in [3.63, 3.8) is 0 Å². The second kappa shape index (κ2) is 9.30. The van der Waals surface area contributed by atoms with Crippen LogP contribution in [0.25, 0.3) is 0 Å². The zero-order valence-corrected chi connectivity index (χ0v) is 17.4. The molecule has 0 aromatic heterocycles. The third-order valence-electron chi connectivity index (χ3n) is 6.17. The summed E-state index contributed by atoms with van der Waals surface area (Å²) in [5.41, 5.74) is 3.45. The largest absolute Gasteiger partial charge is 0.378 e. The van der Waals surface area contributed by atoms with Crippen molar-refractivity contribution in [1.82, 2.24) is 15.1 Å². The maximum Gasteiger partial charge on any atom is 0.317 e. The number of ether oxygens (including phenoxy) is 1. The average Bonchev–Trinajstić information content (AvgIpc) is 3.24. The van der Waals surface area contributed by atoms with Crippen molar-refractivity contribution in [2.75, 3.05) is 39.9 Å². The van der Waals surface area contributed by atoms with Crippen LogP contribution in [0.4, 0.5) is 4.79 Å². The highest BCUT2D eigenvalue weighted by Gasteiger charge is 2.31. The van der Waals surface area contributed by atoms with E-state index in [1.54, 1.807) is 4.90 Å². The fourth-order valence-electron chi connectivity index (χ4n) is 4.43. The van der Waals surface area contributed by atoms with Gasteiger partial charge in [0.05, 0.1) is 25.2 Å². The number of carbonyl (C=O) groups excluding carboxylic acids is 2. The van der Waals surface area contributed by atoms with Crippen molar-refractivity contribution in [1.29, 1.82) is 0 Å². The molecule has 1 aliphatic heterocycles. The van der Waals surface area contributed by atoms with Crippen LogP contribution in [-0.2, 0) is 16.0 Å². The highest BCUT2D eigenvalue weighted by Crippen LogP contribution is 2.34. The zero-order valence-electron chi connectivity index (χ0n) is 17.4. The predicted molar refractivity (Wildman–Crippen MR) is 115 cm³/mol. The Balaban J connectivity index is 1.44. The number of morpholine rings is 1. The van der Waals surface area contributed by atoms with Crippen molar-refractivity contribution < 1.29 is 14.3 Å². The molecule has 4 rings (SSSR count). The third-order valence-corrected chi connectivity index (χ3v) is 6.17. The molecule has 3 amide bonds. The van der Waals surface area contributed by atoms with Crippen molar-refractivity contribution in [2.24, 2.45) is 0 Å². The van der Waals surface area contributed by atoms with Crippen LogP contribution in [0.2, 0.25) is 0 Å². The van der Waals surface area contributed by atoms with Crippen LogP contribution in [0.5, 0.6) is 0 Å². The molecule has 1 aliphatic carbocycles. The number of hydrogen-bond donors (Lipinski definition) is 1. The molecule has 0 radical (unpaired) electrons. The summed E-state index contributed by atoms with van der Waals surface area (Å²) in [7, 11) is 1.84. The quantitative estimate of drug-likeness (QED) is 0.829. The first-order valence-electron chi connectivity index (χ1n) is 10.6. The Bertz CT molecular complexity index is 880. The third kappa shape index (κ3) is 4.33. The van der Waals surface area contributed by atoms with Gasteiger partial charge in [0.1, 0.15) is 0 Å². The Labute approximate surface area is 177 Å². The molecule has 0 spiro atoms. The number of aryl methyl sites for hydroxylation is 1. The van der Waals surface area contributed by atoms with Crippen LogP contribution in [0.15, 0.2) is 54.6 Å². The number of fused-ring (bicyclic) bond motifs is 1. The highest BCUT2D eigenvalue weighted by molar-refractivity contribution is 5.85.